The van der Waals surface area contributed by atoms with E-state index in [0.717, 1.165) is 11.1 Å². The molecular weight excluding hydrogens is 115 g/mol. The quantitative estimate of drug-likeness (QED) is 0.504. The second-order valence-corrected chi connectivity index (χ2v) is 2.56. The van der Waals surface area contributed by atoms with Crippen molar-refractivity contribution in [1.82, 2.24) is 0 Å². The fraction of sp³-hybridized carbons (Fsp3) is 0.750. The van der Waals surface area contributed by atoms with E-state index >= 15 is 0 Å². The van der Waals surface area contributed by atoms with Crippen molar-refractivity contribution in [2.75, 3.05) is 0 Å². The van der Waals surface area contributed by atoms with E-state index < -0.39 is 6.17 Å². The minimum atomic E-state index is -0.727. The van der Waals surface area contributed by atoms with Crippen LogP contribution in [0.3, 0.4) is 0 Å². The molecule has 0 aromatic carbocycles. The van der Waals surface area contributed by atoms with Crippen molar-refractivity contribution in [3.63, 3.8) is 0 Å². The van der Waals surface area contributed by atoms with Gasteiger partial charge in [0.15, 0.2) is 0 Å². The highest BCUT2D eigenvalue weighted by atomic mass is 19.1. The van der Waals surface area contributed by atoms with Crippen molar-refractivity contribution >= 4 is 0 Å². The lowest BCUT2D eigenvalue weighted by Crippen LogP contribution is -2.00. The second kappa shape index (κ2) is 3.65. The summed E-state index contributed by atoms with van der Waals surface area (Å²) in [6.07, 6.45) is -0.133. The average molecular weight is 130 g/mol. The van der Waals surface area contributed by atoms with Crippen LogP contribution in [0.5, 0.6) is 0 Å². The zero-order chi connectivity index (χ0) is 7.44. The van der Waals surface area contributed by atoms with Crippen LogP contribution in [0.1, 0.15) is 34.1 Å². The molecule has 54 valence electrons. The molecule has 0 saturated heterocycles. The van der Waals surface area contributed by atoms with Crippen LogP contribution in [-0.4, -0.2) is 6.17 Å². The molecule has 0 aliphatic carbocycles. The Kier molecular flexibility index (Phi) is 3.52. The first-order valence-corrected chi connectivity index (χ1v) is 3.37. The lowest BCUT2D eigenvalue weighted by Gasteiger charge is -2.06. The number of hydrogen-bond acceptors (Lipinski definition) is 0. The standard InChI is InChI=1S/C8H15F/c1-5-8(9)7(4)6(2)3/h8H,5H2,1-4H3. The molecule has 0 fully saturated rings. The summed E-state index contributed by atoms with van der Waals surface area (Å²) in [5.74, 6) is 0. The number of halogens is 1. The van der Waals surface area contributed by atoms with Gasteiger partial charge in [-0.15, -0.1) is 0 Å². The smallest absolute Gasteiger partial charge is 0.121 e. The van der Waals surface area contributed by atoms with Gasteiger partial charge in [0.1, 0.15) is 6.17 Å². The van der Waals surface area contributed by atoms with E-state index in [1.165, 1.54) is 0 Å². The van der Waals surface area contributed by atoms with Gasteiger partial charge in [-0.2, -0.15) is 0 Å². The Labute approximate surface area is 56.8 Å². The van der Waals surface area contributed by atoms with E-state index in [0.29, 0.717) is 6.42 Å². The van der Waals surface area contributed by atoms with E-state index in [1.807, 2.05) is 27.7 Å². The first kappa shape index (κ1) is 8.67. The average Bonchev–Trinajstić information content (AvgIpc) is 1.84. The van der Waals surface area contributed by atoms with E-state index in [4.69, 9.17) is 0 Å². The Hall–Kier alpha value is -0.330. The van der Waals surface area contributed by atoms with Crippen LogP contribution in [0.25, 0.3) is 0 Å². The minimum Gasteiger partial charge on any atom is -0.243 e. The molecule has 0 heterocycles. The Bertz CT molecular complexity index is 110. The highest BCUT2D eigenvalue weighted by molar-refractivity contribution is 5.11. The summed E-state index contributed by atoms with van der Waals surface area (Å²) < 4.78 is 12.7. The lowest BCUT2D eigenvalue weighted by atomic mass is 10.1. The van der Waals surface area contributed by atoms with E-state index in [-0.39, 0.29) is 0 Å². The summed E-state index contributed by atoms with van der Waals surface area (Å²) in [6.45, 7) is 7.59. The van der Waals surface area contributed by atoms with E-state index in [1.54, 1.807) is 0 Å². The fourth-order valence-electron chi connectivity index (χ4n) is 0.619. The van der Waals surface area contributed by atoms with Gasteiger partial charge in [-0.05, 0) is 32.8 Å². The molecule has 0 aromatic rings. The normalized spacial score (nSPS) is 13.0. The maximum atomic E-state index is 12.7. The van der Waals surface area contributed by atoms with Gasteiger partial charge in [-0.25, -0.2) is 4.39 Å². The number of alkyl halides is 1. The first-order chi connectivity index (χ1) is 4.09. The molecule has 0 nitrogen and oxygen atoms in total. The van der Waals surface area contributed by atoms with Crippen molar-refractivity contribution in [2.45, 2.75) is 40.3 Å². The number of hydrogen-bond donors (Lipinski definition) is 0. The number of rotatable bonds is 2. The van der Waals surface area contributed by atoms with Gasteiger partial charge in [0.25, 0.3) is 0 Å². The number of allylic oxidation sites excluding steroid dienone is 2. The Morgan fingerprint density at radius 3 is 1.89 bits per heavy atom. The first-order valence-electron chi connectivity index (χ1n) is 3.37. The minimum absolute atomic E-state index is 0.594. The molecule has 0 radical (unpaired) electrons. The fourth-order valence-corrected chi connectivity index (χ4v) is 0.619. The SMILES string of the molecule is CCC(F)C(C)=C(C)C. The molecule has 0 rings (SSSR count). The van der Waals surface area contributed by atoms with Gasteiger partial charge in [0, 0.05) is 0 Å². The van der Waals surface area contributed by atoms with Gasteiger partial charge in [0.05, 0.1) is 0 Å². The van der Waals surface area contributed by atoms with Crippen molar-refractivity contribution < 1.29 is 4.39 Å². The topological polar surface area (TPSA) is 0 Å². The summed E-state index contributed by atoms with van der Waals surface area (Å²) in [7, 11) is 0. The summed E-state index contributed by atoms with van der Waals surface area (Å²) in [6, 6.07) is 0. The van der Waals surface area contributed by atoms with E-state index in [9.17, 15) is 4.39 Å². The molecule has 0 saturated carbocycles. The largest absolute Gasteiger partial charge is 0.243 e. The van der Waals surface area contributed by atoms with Gasteiger partial charge in [0.2, 0.25) is 0 Å². The Morgan fingerprint density at radius 2 is 1.78 bits per heavy atom. The third-order valence-corrected chi connectivity index (χ3v) is 1.62. The molecule has 1 atom stereocenters. The second-order valence-electron chi connectivity index (χ2n) is 2.56. The maximum absolute atomic E-state index is 12.7. The summed E-state index contributed by atoms with van der Waals surface area (Å²) in [5.41, 5.74) is 1.99. The third-order valence-electron chi connectivity index (χ3n) is 1.62. The monoisotopic (exact) mass is 130 g/mol. The van der Waals surface area contributed by atoms with Gasteiger partial charge < -0.3 is 0 Å². The molecule has 0 aliphatic heterocycles. The van der Waals surface area contributed by atoms with Crippen molar-refractivity contribution in [3.05, 3.63) is 11.1 Å². The molecule has 0 amide bonds. The Morgan fingerprint density at radius 1 is 1.33 bits per heavy atom. The maximum Gasteiger partial charge on any atom is 0.121 e. The zero-order valence-electron chi connectivity index (χ0n) is 6.66. The van der Waals surface area contributed by atoms with Gasteiger partial charge >= 0.3 is 0 Å². The van der Waals surface area contributed by atoms with Crippen LogP contribution in [0.4, 0.5) is 4.39 Å². The highest BCUT2D eigenvalue weighted by Gasteiger charge is 2.05. The zero-order valence-corrected chi connectivity index (χ0v) is 6.66. The molecular formula is C8H15F. The third kappa shape index (κ3) is 2.64. The lowest BCUT2D eigenvalue weighted by molar-refractivity contribution is 0.370. The summed E-state index contributed by atoms with van der Waals surface area (Å²) >= 11 is 0. The van der Waals surface area contributed by atoms with Crippen LogP contribution < -0.4 is 0 Å². The van der Waals surface area contributed by atoms with Crippen LogP contribution >= 0.6 is 0 Å². The van der Waals surface area contributed by atoms with Gasteiger partial charge in [-0.3, -0.25) is 0 Å². The molecule has 0 bridgehead atoms. The molecule has 9 heavy (non-hydrogen) atoms. The molecule has 0 aromatic heterocycles. The van der Waals surface area contributed by atoms with Crippen LogP contribution in [0.15, 0.2) is 11.1 Å². The predicted molar refractivity (Wildman–Crippen MR) is 39.2 cm³/mol. The molecule has 0 N–H and O–H groups in total. The molecule has 1 unspecified atom stereocenters. The molecule has 1 heteroatoms. The highest BCUT2D eigenvalue weighted by Crippen LogP contribution is 2.13. The van der Waals surface area contributed by atoms with Crippen LogP contribution in [0.2, 0.25) is 0 Å². The van der Waals surface area contributed by atoms with Crippen molar-refractivity contribution in [3.8, 4) is 0 Å². The van der Waals surface area contributed by atoms with Crippen LogP contribution in [-0.2, 0) is 0 Å². The molecule has 0 aliphatic rings. The Balaban J connectivity index is 4.02. The summed E-state index contributed by atoms with van der Waals surface area (Å²) in [4.78, 5) is 0. The van der Waals surface area contributed by atoms with Crippen LogP contribution in [0, 0.1) is 0 Å². The van der Waals surface area contributed by atoms with Gasteiger partial charge in [-0.1, -0.05) is 12.5 Å². The molecule has 0 spiro atoms. The predicted octanol–water partition coefficient (Wildman–Crippen LogP) is 3.09. The van der Waals surface area contributed by atoms with Crippen molar-refractivity contribution in [2.24, 2.45) is 0 Å². The van der Waals surface area contributed by atoms with Crippen molar-refractivity contribution in [1.29, 1.82) is 0 Å². The summed E-state index contributed by atoms with van der Waals surface area (Å²) in [5, 5.41) is 0. The van der Waals surface area contributed by atoms with E-state index in [2.05, 4.69) is 0 Å².